The Morgan fingerprint density at radius 3 is 2.34 bits per heavy atom. The van der Waals surface area contributed by atoms with Crippen LogP contribution in [0.25, 0.3) is 10.9 Å². The van der Waals surface area contributed by atoms with Gasteiger partial charge in [-0.05, 0) is 61.9 Å². The molecule has 0 bridgehead atoms. The molecule has 4 fully saturated rings. The number of carbonyl (C=O) groups excluding carboxylic acids is 5. The molecule has 3 aliphatic heterocycles. The summed E-state index contributed by atoms with van der Waals surface area (Å²) in [6.07, 6.45) is 4.22. The maximum Gasteiger partial charge on any atom is 0.416 e. The Morgan fingerprint density at radius 2 is 1.61 bits per heavy atom. The van der Waals surface area contributed by atoms with Crippen molar-refractivity contribution in [2.45, 2.75) is 69.2 Å². The Bertz CT molecular complexity index is 2100. The zero-order chi connectivity index (χ0) is 45.2. The van der Waals surface area contributed by atoms with Crippen LogP contribution in [-0.4, -0.2) is 162 Å². The molecule has 1 aromatic carbocycles. The summed E-state index contributed by atoms with van der Waals surface area (Å²) in [6.45, 7) is 5.44. The van der Waals surface area contributed by atoms with Gasteiger partial charge in [-0.2, -0.15) is 13.2 Å². The van der Waals surface area contributed by atoms with Crippen LogP contribution in [-0.2, 0) is 39.6 Å². The van der Waals surface area contributed by atoms with Gasteiger partial charge in [0.25, 0.3) is 0 Å². The number of fused-ring (bicyclic) bond motifs is 1. The Kier molecular flexibility index (Phi) is 15.6. The lowest BCUT2D eigenvalue weighted by Crippen LogP contribution is -2.53. The summed E-state index contributed by atoms with van der Waals surface area (Å²) in [7, 11) is 1.70. The zero-order valence-electron chi connectivity index (χ0n) is 36.1. The second-order valence-electron chi connectivity index (χ2n) is 16.8. The number of likely N-dealkylation sites (tertiary alicyclic amines) is 2. The van der Waals surface area contributed by atoms with E-state index in [-0.39, 0.29) is 72.1 Å². The summed E-state index contributed by atoms with van der Waals surface area (Å²) in [5.74, 6) is -0.902. The predicted molar refractivity (Wildman–Crippen MR) is 227 cm³/mol. The number of benzene rings is 1. The van der Waals surface area contributed by atoms with Gasteiger partial charge < -0.3 is 40.1 Å². The molecular formula is C44H57F3N10O7. The maximum absolute atomic E-state index is 13.3. The molecule has 4 aliphatic rings. The average molecular weight is 895 g/mol. The first-order valence-electron chi connectivity index (χ1n) is 22.1. The molecule has 7 rings (SSSR count). The van der Waals surface area contributed by atoms with Gasteiger partial charge in [0.05, 0.1) is 55.9 Å². The van der Waals surface area contributed by atoms with Crippen LogP contribution in [0.15, 0.2) is 49.1 Å². The quantitative estimate of drug-likeness (QED) is 0.159. The number of hydrogen-bond donors (Lipinski definition) is 3. The second-order valence-corrected chi connectivity index (χ2v) is 16.8. The van der Waals surface area contributed by atoms with E-state index in [9.17, 15) is 37.1 Å². The number of halogens is 3. The van der Waals surface area contributed by atoms with Gasteiger partial charge in [0.1, 0.15) is 18.2 Å². The highest BCUT2D eigenvalue weighted by Gasteiger charge is 2.43. The minimum atomic E-state index is -4.53. The molecule has 2 aromatic heterocycles. The van der Waals surface area contributed by atoms with E-state index in [1.807, 2.05) is 11.0 Å². The average Bonchev–Trinajstić information content (AvgIpc) is 3.81. The highest BCUT2D eigenvalue weighted by atomic mass is 19.4. The lowest BCUT2D eigenvalue weighted by molar-refractivity contribution is -0.137. The fourth-order valence-electron chi connectivity index (χ4n) is 9.23. The lowest BCUT2D eigenvalue weighted by Gasteiger charge is -2.41. The maximum atomic E-state index is 13.3. The first-order chi connectivity index (χ1) is 30.9. The van der Waals surface area contributed by atoms with Gasteiger partial charge in [0.15, 0.2) is 0 Å². The number of alkyl halides is 3. The Hall–Kier alpha value is -5.47. The van der Waals surface area contributed by atoms with E-state index in [2.05, 4.69) is 35.8 Å². The van der Waals surface area contributed by atoms with Gasteiger partial charge in [0.2, 0.25) is 29.5 Å². The summed E-state index contributed by atoms with van der Waals surface area (Å²) in [5, 5.41) is 9.07. The topological polar surface area (TPSA) is 192 Å². The van der Waals surface area contributed by atoms with E-state index in [0.29, 0.717) is 77.1 Å². The van der Waals surface area contributed by atoms with Gasteiger partial charge in [-0.15, -0.1) is 0 Å². The SMILES string of the molecule is CN1C(=O)C[C@H](C(=O)NCCOCCOCCC(=O)N2CCN([C@H]3CC[C@H](C(=O)NCCN4CC[C@H](Nc5ncnc6ccc(C(F)(F)F)cc56)C4=O)CC3)CC2)[C@H]1c1cccnc1. The number of amides is 5. The molecule has 3 aromatic rings. The molecule has 5 amide bonds. The molecule has 3 saturated heterocycles. The van der Waals surface area contributed by atoms with Crippen molar-refractivity contribution in [1.29, 1.82) is 0 Å². The van der Waals surface area contributed by atoms with E-state index in [1.165, 1.54) is 12.4 Å². The fourth-order valence-corrected chi connectivity index (χ4v) is 9.23. The van der Waals surface area contributed by atoms with Crippen LogP contribution in [0.5, 0.6) is 0 Å². The third-order valence-corrected chi connectivity index (χ3v) is 12.8. The molecule has 346 valence electrons. The Labute approximate surface area is 369 Å². The van der Waals surface area contributed by atoms with Crippen molar-refractivity contribution in [3.63, 3.8) is 0 Å². The van der Waals surface area contributed by atoms with Crippen molar-refractivity contribution in [3.8, 4) is 0 Å². The van der Waals surface area contributed by atoms with Crippen LogP contribution in [0.4, 0.5) is 19.0 Å². The van der Waals surface area contributed by atoms with E-state index in [4.69, 9.17) is 9.47 Å². The van der Waals surface area contributed by atoms with E-state index in [0.717, 1.165) is 56.5 Å². The lowest BCUT2D eigenvalue weighted by atomic mass is 9.84. The summed E-state index contributed by atoms with van der Waals surface area (Å²) in [6, 6.07) is 6.23. The van der Waals surface area contributed by atoms with Crippen LogP contribution >= 0.6 is 0 Å². The Balaban J connectivity index is 0.710. The molecule has 3 N–H and O–H groups in total. The van der Waals surface area contributed by atoms with Crippen molar-refractivity contribution in [2.24, 2.45) is 11.8 Å². The number of rotatable bonds is 18. The van der Waals surface area contributed by atoms with Gasteiger partial charge in [0, 0.05) is 95.6 Å². The number of anilines is 1. The zero-order valence-corrected chi connectivity index (χ0v) is 36.1. The summed E-state index contributed by atoms with van der Waals surface area (Å²) >= 11 is 0. The second kappa shape index (κ2) is 21.5. The third-order valence-electron chi connectivity index (χ3n) is 12.8. The van der Waals surface area contributed by atoms with Crippen LogP contribution in [0.3, 0.4) is 0 Å². The van der Waals surface area contributed by atoms with Gasteiger partial charge in [-0.3, -0.25) is 33.9 Å². The third kappa shape index (κ3) is 11.6. The minimum absolute atomic E-state index is 0.0244. The van der Waals surface area contributed by atoms with Crippen LogP contribution in [0.1, 0.15) is 62.1 Å². The number of aromatic nitrogens is 3. The fraction of sp³-hybridized carbons (Fsp3) is 0.591. The van der Waals surface area contributed by atoms with Crippen molar-refractivity contribution in [2.75, 3.05) is 91.2 Å². The highest BCUT2D eigenvalue weighted by Crippen LogP contribution is 2.37. The van der Waals surface area contributed by atoms with E-state index in [1.54, 1.807) is 35.3 Å². The molecule has 17 nitrogen and oxygen atoms in total. The molecule has 1 saturated carbocycles. The monoisotopic (exact) mass is 894 g/mol. The minimum Gasteiger partial charge on any atom is -0.379 e. The van der Waals surface area contributed by atoms with Crippen molar-refractivity contribution >= 4 is 46.3 Å². The molecule has 5 heterocycles. The molecule has 0 radical (unpaired) electrons. The van der Waals surface area contributed by atoms with Gasteiger partial charge in [-0.1, -0.05) is 6.07 Å². The first kappa shape index (κ1) is 46.5. The van der Waals surface area contributed by atoms with E-state index >= 15 is 0 Å². The highest BCUT2D eigenvalue weighted by molar-refractivity contribution is 5.93. The number of pyridine rings is 1. The molecule has 0 unspecified atom stereocenters. The van der Waals surface area contributed by atoms with E-state index < -0.39 is 23.7 Å². The largest absolute Gasteiger partial charge is 0.416 e. The van der Waals surface area contributed by atoms with Crippen LogP contribution in [0, 0.1) is 11.8 Å². The van der Waals surface area contributed by atoms with Crippen LogP contribution in [0.2, 0.25) is 0 Å². The number of piperazine rings is 1. The first-order valence-corrected chi connectivity index (χ1v) is 22.1. The van der Waals surface area contributed by atoms with Gasteiger partial charge >= 0.3 is 6.18 Å². The Morgan fingerprint density at radius 1 is 0.859 bits per heavy atom. The number of nitrogens with one attached hydrogen (secondary N) is 3. The van der Waals surface area contributed by atoms with Crippen molar-refractivity contribution < 1.29 is 46.6 Å². The molecule has 64 heavy (non-hydrogen) atoms. The number of nitrogens with zero attached hydrogens (tertiary/aromatic N) is 7. The number of carbonyl (C=O) groups is 5. The van der Waals surface area contributed by atoms with Gasteiger partial charge in [-0.25, -0.2) is 9.97 Å². The standard InChI is InChI=1S/C44H57F3N10O7/c1-54-38(59)26-34(39(54)30-3-2-12-48-27-30)42(61)50-14-22-64-24-23-63-21-11-37(58)56-19-17-55(18-20-56)32-7-4-29(5-8-32)41(60)49-13-16-57-15-10-36(43(57)62)53-40-33-25-31(44(45,46)47)6-9-35(33)51-28-52-40/h2-3,6,9,12,25,27-29,32,34,36,39H,4-5,7-8,10-11,13-24,26H2,1H3,(H,49,60)(H,50,61)(H,51,52,53)/t29-,32-,34-,36-,39+/m0/s1. The predicted octanol–water partition coefficient (Wildman–Crippen LogP) is 2.63. The molecule has 20 heteroatoms. The summed E-state index contributed by atoms with van der Waals surface area (Å²) in [4.78, 5) is 84.2. The normalized spacial score (nSPS) is 23.2. The molecular weight excluding hydrogens is 838 g/mol. The number of ether oxygens (including phenoxy) is 2. The smallest absolute Gasteiger partial charge is 0.379 e. The summed E-state index contributed by atoms with van der Waals surface area (Å²) < 4.78 is 51.3. The van der Waals surface area contributed by atoms with Crippen LogP contribution < -0.4 is 16.0 Å². The molecule has 3 atom stereocenters. The molecule has 1 aliphatic carbocycles. The van der Waals surface area contributed by atoms with Crippen molar-refractivity contribution in [3.05, 3.63) is 60.2 Å². The number of hydrogen-bond acceptors (Lipinski definition) is 12. The molecule has 0 spiro atoms. The summed E-state index contributed by atoms with van der Waals surface area (Å²) in [5.41, 5.74) is 0.334. The van der Waals surface area contributed by atoms with Crippen molar-refractivity contribution in [1.82, 2.24) is 45.2 Å².